The van der Waals surface area contributed by atoms with E-state index in [0.29, 0.717) is 0 Å². The summed E-state index contributed by atoms with van der Waals surface area (Å²) >= 11 is 0. The van der Waals surface area contributed by atoms with Gasteiger partial charge in [0.1, 0.15) is 11.0 Å². The summed E-state index contributed by atoms with van der Waals surface area (Å²) in [6, 6.07) is 8.62. The third-order valence-electron chi connectivity index (χ3n) is 3.71. The average molecular weight is 463 g/mol. The Balaban J connectivity index is 0.000000553. The van der Waals surface area contributed by atoms with Crippen molar-refractivity contribution in [3.63, 3.8) is 0 Å². The third-order valence-corrected chi connectivity index (χ3v) is 3.71. The van der Waals surface area contributed by atoms with Crippen LogP contribution >= 0.6 is 7.81 Å². The van der Waals surface area contributed by atoms with Gasteiger partial charge >= 0.3 is 39.0 Å². The fourth-order valence-electron chi connectivity index (χ4n) is 2.42. The first-order valence-corrected chi connectivity index (χ1v) is 11.5. The van der Waals surface area contributed by atoms with E-state index >= 15 is 0 Å². The average Bonchev–Trinajstić information content (AvgIpc) is 3.00. The van der Waals surface area contributed by atoms with Crippen LogP contribution in [0.5, 0.6) is 0 Å². The Labute approximate surface area is 171 Å². The topological polar surface area (TPSA) is 46.2 Å². The molecule has 0 radical (unpaired) electrons. The monoisotopic (exact) mass is 463 g/mol. The van der Waals surface area contributed by atoms with Crippen molar-refractivity contribution in [2.75, 3.05) is 27.2 Å². The molecule has 0 unspecified atom stereocenters. The number of amidine groups is 1. The Bertz CT molecular complexity index is 830. The molecular formula is C17H28F6N5OP. The molecule has 0 aliphatic carbocycles. The molecule has 13 heteroatoms. The molecule has 0 saturated carbocycles. The molecule has 2 rings (SSSR count). The van der Waals surface area contributed by atoms with Gasteiger partial charge < -0.3 is 0 Å². The van der Waals surface area contributed by atoms with E-state index in [1.54, 1.807) is 0 Å². The van der Waals surface area contributed by atoms with Crippen LogP contribution in [0.3, 0.4) is 0 Å². The van der Waals surface area contributed by atoms with E-state index < -0.39 is 7.81 Å². The number of hydrogen-bond donors (Lipinski definition) is 0. The van der Waals surface area contributed by atoms with Crippen LogP contribution in [0.2, 0.25) is 0 Å². The van der Waals surface area contributed by atoms with Gasteiger partial charge in [0, 0.05) is 0 Å². The van der Waals surface area contributed by atoms with E-state index in [1.165, 1.54) is 4.85 Å². The van der Waals surface area contributed by atoms with Crippen molar-refractivity contribution in [2.45, 2.75) is 39.5 Å². The zero-order valence-electron chi connectivity index (χ0n) is 17.4. The number of hydrogen-bond acceptors (Lipinski definition) is 3. The van der Waals surface area contributed by atoms with E-state index in [0.717, 1.165) is 55.8 Å². The summed E-state index contributed by atoms with van der Waals surface area (Å²) in [5.74, 6) is 0. The Hall–Kier alpha value is -2.10. The normalized spacial score (nSPS) is 13.7. The van der Waals surface area contributed by atoms with Gasteiger partial charge in [-0.1, -0.05) is 43.7 Å². The van der Waals surface area contributed by atoms with Gasteiger partial charge in [0.2, 0.25) is 0 Å². The van der Waals surface area contributed by atoms with Gasteiger partial charge in [-0.25, -0.2) is 9.48 Å². The van der Waals surface area contributed by atoms with E-state index in [2.05, 4.69) is 29.1 Å². The fourth-order valence-corrected chi connectivity index (χ4v) is 2.42. The van der Waals surface area contributed by atoms with Crippen molar-refractivity contribution in [3.8, 4) is 0 Å². The van der Waals surface area contributed by atoms with Crippen LogP contribution in [0.25, 0.3) is 11.0 Å². The van der Waals surface area contributed by atoms with Gasteiger partial charge in [0.25, 0.3) is 0 Å². The molecule has 0 atom stereocenters. The molecular weight excluding hydrogens is 435 g/mol. The van der Waals surface area contributed by atoms with Crippen LogP contribution in [-0.2, 0) is 0 Å². The summed E-state index contributed by atoms with van der Waals surface area (Å²) < 4.78 is 61.2. The Morgan fingerprint density at radius 2 is 1.50 bits per heavy atom. The molecule has 1 aromatic carbocycles. The van der Waals surface area contributed by atoms with Crippen LogP contribution in [0.4, 0.5) is 25.2 Å². The van der Waals surface area contributed by atoms with E-state index in [4.69, 9.17) is 4.84 Å². The third kappa shape index (κ3) is 11.2. The molecule has 174 valence electrons. The van der Waals surface area contributed by atoms with Crippen molar-refractivity contribution in [1.82, 2.24) is 20.1 Å². The van der Waals surface area contributed by atoms with Crippen LogP contribution < -0.4 is 4.84 Å². The number of halogens is 6. The van der Waals surface area contributed by atoms with Gasteiger partial charge in [-0.05, 0) is 30.2 Å². The van der Waals surface area contributed by atoms with E-state index in [1.807, 2.05) is 42.9 Å². The molecule has 0 spiro atoms. The van der Waals surface area contributed by atoms with E-state index in [9.17, 15) is 25.2 Å². The first kappa shape index (κ1) is 25.9. The van der Waals surface area contributed by atoms with Gasteiger partial charge in [-0.2, -0.15) is 0 Å². The van der Waals surface area contributed by atoms with Crippen molar-refractivity contribution in [3.05, 3.63) is 24.3 Å². The Morgan fingerprint density at radius 1 is 1.00 bits per heavy atom. The van der Waals surface area contributed by atoms with Crippen molar-refractivity contribution in [2.24, 2.45) is 0 Å². The minimum absolute atomic E-state index is 0.808. The zero-order chi connectivity index (χ0) is 23.1. The molecule has 6 nitrogen and oxygen atoms in total. The zero-order valence-corrected chi connectivity index (χ0v) is 18.3. The van der Waals surface area contributed by atoms with Gasteiger partial charge in [-0.3, -0.25) is 4.84 Å². The fraction of sp³-hybridized carbons (Fsp3) is 0.588. The summed E-state index contributed by atoms with van der Waals surface area (Å²) in [6.45, 7) is 6.38. The molecule has 1 aromatic heterocycles. The maximum atomic E-state index is 9.87. The second-order valence-corrected chi connectivity index (χ2v) is 8.79. The van der Waals surface area contributed by atoms with Crippen LogP contribution in [-0.4, -0.2) is 57.8 Å². The van der Waals surface area contributed by atoms with Crippen molar-refractivity contribution < 1.29 is 34.6 Å². The summed E-state index contributed by atoms with van der Waals surface area (Å²) in [5.41, 5.74) is 1.71. The number of unbranched alkanes of at least 4 members (excludes halogenated alkanes) is 2. The predicted molar refractivity (Wildman–Crippen MR) is 106 cm³/mol. The Kier molecular flexibility index (Phi) is 8.09. The second kappa shape index (κ2) is 9.36. The van der Waals surface area contributed by atoms with Crippen molar-refractivity contribution in [1.29, 1.82) is 0 Å². The molecule has 0 saturated heterocycles. The van der Waals surface area contributed by atoms with Crippen LogP contribution in [0.1, 0.15) is 39.5 Å². The van der Waals surface area contributed by atoms with Crippen LogP contribution in [0.15, 0.2) is 24.3 Å². The molecule has 30 heavy (non-hydrogen) atoms. The number of fused-ring (bicyclic) bond motifs is 1. The summed E-state index contributed by atoms with van der Waals surface area (Å²) in [7, 11) is -6.66. The number of benzene rings is 1. The number of para-hydroxylation sites is 1. The van der Waals surface area contributed by atoms with Gasteiger partial charge in [0.15, 0.2) is 0 Å². The Morgan fingerprint density at radius 3 is 1.97 bits per heavy atom. The molecule has 0 fully saturated rings. The quantitative estimate of drug-likeness (QED) is 0.172. The van der Waals surface area contributed by atoms with Crippen LogP contribution in [0, 0.1) is 0 Å². The SMILES string of the molecule is CCCCN(CCCC)C(On1nnc2ccccc21)=[N+](C)C.F[P-](F)(F)(F)(F)F. The molecule has 1 heterocycles. The van der Waals surface area contributed by atoms with Gasteiger partial charge in [-0.15, -0.1) is 5.10 Å². The first-order valence-electron chi connectivity index (χ1n) is 9.46. The summed E-state index contributed by atoms with van der Waals surface area (Å²) in [4.78, 5) is 9.90. The molecule has 2 aromatic rings. The number of rotatable bonds is 7. The molecule has 0 aliphatic heterocycles. The first-order chi connectivity index (χ1) is 13.6. The molecule has 0 bridgehead atoms. The number of nitrogens with zero attached hydrogens (tertiary/aromatic N) is 5. The minimum atomic E-state index is -10.7. The summed E-state index contributed by atoms with van der Waals surface area (Å²) in [6.07, 6.45) is 4.61. The summed E-state index contributed by atoms with van der Waals surface area (Å²) in [5, 5.41) is 8.28. The molecule has 0 aliphatic rings. The molecule has 0 amide bonds. The van der Waals surface area contributed by atoms with Gasteiger partial charge in [0.05, 0.1) is 27.2 Å². The van der Waals surface area contributed by atoms with Crippen molar-refractivity contribution >= 4 is 24.9 Å². The second-order valence-electron chi connectivity index (χ2n) is 6.87. The predicted octanol–water partition coefficient (Wildman–Crippen LogP) is 5.77. The number of aromatic nitrogens is 3. The molecule has 0 N–H and O–H groups in total. The standard InChI is InChI=1S/C17H28N5O.F6P/c1-5-7-13-21(14-8-6-2)17(20(3)4)23-22-16-12-10-9-11-15(16)18-19-22;1-7(2,3,4,5)6/h9-12H,5-8,13-14H2,1-4H3;/q+1;-1. The maximum absolute atomic E-state index is 10.7. The van der Waals surface area contributed by atoms with E-state index in [-0.39, 0.29) is 0 Å².